The number of thiophene rings is 1. The Morgan fingerprint density at radius 1 is 1.12 bits per heavy atom. The van der Waals surface area contributed by atoms with Gasteiger partial charge in [-0.2, -0.15) is 0 Å². The molecule has 0 spiro atoms. The largest absolute Gasteiger partial charge is 0.493 e. The van der Waals surface area contributed by atoms with Gasteiger partial charge in [-0.25, -0.2) is 0 Å². The zero-order chi connectivity index (χ0) is 18.3. The highest BCUT2D eigenvalue weighted by molar-refractivity contribution is 7.10. The van der Waals surface area contributed by atoms with Crippen LogP contribution in [-0.4, -0.2) is 33.8 Å². The van der Waals surface area contributed by atoms with Gasteiger partial charge in [0.1, 0.15) is 0 Å². The lowest BCUT2D eigenvalue weighted by Gasteiger charge is -2.25. The van der Waals surface area contributed by atoms with Crippen molar-refractivity contribution >= 4 is 17.3 Å². The molecule has 2 N–H and O–H groups in total. The van der Waals surface area contributed by atoms with E-state index >= 15 is 0 Å². The molecule has 5 nitrogen and oxygen atoms in total. The number of rotatable bonds is 7. The van der Waals surface area contributed by atoms with Crippen LogP contribution in [0.15, 0.2) is 40.7 Å². The van der Waals surface area contributed by atoms with E-state index in [-0.39, 0.29) is 5.41 Å². The molecule has 6 heteroatoms. The fraction of sp³-hybridized carbons (Fsp3) is 0.421. The Morgan fingerprint density at radius 3 is 2.48 bits per heavy atom. The molecule has 0 aliphatic carbocycles. The first-order chi connectivity index (χ1) is 12.0. The quantitative estimate of drug-likeness (QED) is 0.586. The smallest absolute Gasteiger partial charge is 0.191 e. The van der Waals surface area contributed by atoms with E-state index in [1.807, 2.05) is 18.2 Å². The van der Waals surface area contributed by atoms with Gasteiger partial charge in [-0.05, 0) is 29.1 Å². The molecule has 0 saturated heterocycles. The van der Waals surface area contributed by atoms with E-state index in [4.69, 9.17) is 9.47 Å². The van der Waals surface area contributed by atoms with Gasteiger partial charge in [0.15, 0.2) is 17.5 Å². The summed E-state index contributed by atoms with van der Waals surface area (Å²) < 4.78 is 10.6. The molecule has 0 atom stereocenters. The van der Waals surface area contributed by atoms with Crippen molar-refractivity contribution in [3.63, 3.8) is 0 Å². The minimum atomic E-state index is 0.0507. The molecule has 2 aromatic rings. The van der Waals surface area contributed by atoms with E-state index in [9.17, 15) is 0 Å². The third kappa shape index (κ3) is 5.13. The molecular weight excluding hydrogens is 334 g/mol. The summed E-state index contributed by atoms with van der Waals surface area (Å²) in [4.78, 5) is 5.66. The summed E-state index contributed by atoms with van der Waals surface area (Å²) >= 11 is 1.78. The van der Waals surface area contributed by atoms with E-state index in [0.29, 0.717) is 6.54 Å². The summed E-state index contributed by atoms with van der Waals surface area (Å²) in [6.45, 7) is 5.92. The zero-order valence-corrected chi connectivity index (χ0v) is 16.4. The van der Waals surface area contributed by atoms with E-state index < -0.39 is 0 Å². The monoisotopic (exact) mass is 361 g/mol. The number of ether oxygens (including phenoxy) is 2. The predicted molar refractivity (Wildman–Crippen MR) is 105 cm³/mol. The maximum atomic E-state index is 5.35. The van der Waals surface area contributed by atoms with Crippen molar-refractivity contribution in [2.24, 2.45) is 4.99 Å². The number of methoxy groups -OCH3 is 2. The van der Waals surface area contributed by atoms with Crippen LogP contribution in [0, 0.1) is 0 Å². The average Bonchev–Trinajstić information content (AvgIpc) is 3.17. The molecule has 1 aromatic carbocycles. The first-order valence-electron chi connectivity index (χ1n) is 8.19. The summed E-state index contributed by atoms with van der Waals surface area (Å²) in [6.07, 6.45) is 0. The molecule has 0 aliphatic heterocycles. The van der Waals surface area contributed by atoms with Gasteiger partial charge >= 0.3 is 0 Å². The Kier molecular flexibility index (Phi) is 6.70. The van der Waals surface area contributed by atoms with Gasteiger partial charge in [0, 0.05) is 30.4 Å². The van der Waals surface area contributed by atoms with E-state index in [1.54, 1.807) is 32.6 Å². The summed E-state index contributed by atoms with van der Waals surface area (Å²) in [5.41, 5.74) is 1.15. The first kappa shape index (κ1) is 19.1. The van der Waals surface area contributed by atoms with Crippen LogP contribution >= 0.6 is 11.3 Å². The van der Waals surface area contributed by atoms with Gasteiger partial charge in [-0.3, -0.25) is 4.99 Å². The second-order valence-corrected chi connectivity index (χ2v) is 7.28. The van der Waals surface area contributed by atoms with Crippen molar-refractivity contribution < 1.29 is 9.47 Å². The van der Waals surface area contributed by atoms with Crippen LogP contribution in [0.2, 0.25) is 0 Å². The molecule has 0 saturated carbocycles. The van der Waals surface area contributed by atoms with Crippen LogP contribution in [0.4, 0.5) is 0 Å². The molecule has 1 aromatic heterocycles. The van der Waals surface area contributed by atoms with Gasteiger partial charge in [-0.15, -0.1) is 11.3 Å². The minimum Gasteiger partial charge on any atom is -0.493 e. The third-order valence-corrected chi connectivity index (χ3v) is 5.25. The highest BCUT2D eigenvalue weighted by Gasteiger charge is 2.21. The number of nitrogens with one attached hydrogen (secondary N) is 2. The molecule has 0 bridgehead atoms. The Bertz CT molecular complexity index is 697. The van der Waals surface area contributed by atoms with Crippen molar-refractivity contribution in [1.29, 1.82) is 0 Å². The number of guanidine groups is 1. The fourth-order valence-corrected chi connectivity index (χ4v) is 3.30. The Balaban J connectivity index is 1.92. The Labute approximate surface area is 154 Å². The highest BCUT2D eigenvalue weighted by atomic mass is 32.1. The SMILES string of the molecule is CN=C(NCc1ccc(OC)c(OC)c1)NCC(C)(C)c1cccs1. The second-order valence-electron chi connectivity index (χ2n) is 6.33. The maximum absolute atomic E-state index is 5.35. The normalized spacial score (nSPS) is 12.0. The van der Waals surface area contributed by atoms with Gasteiger partial charge in [-0.1, -0.05) is 26.0 Å². The fourth-order valence-electron chi connectivity index (χ4n) is 2.45. The van der Waals surface area contributed by atoms with Crippen LogP contribution in [0.25, 0.3) is 0 Å². The average molecular weight is 362 g/mol. The van der Waals surface area contributed by atoms with Crippen LogP contribution < -0.4 is 20.1 Å². The molecule has 0 fully saturated rings. The van der Waals surface area contributed by atoms with Gasteiger partial charge in [0.25, 0.3) is 0 Å². The third-order valence-electron chi connectivity index (χ3n) is 4.02. The molecule has 0 radical (unpaired) electrons. The van der Waals surface area contributed by atoms with Crippen molar-refractivity contribution in [2.45, 2.75) is 25.8 Å². The van der Waals surface area contributed by atoms with E-state index in [2.05, 4.69) is 47.0 Å². The van der Waals surface area contributed by atoms with Gasteiger partial charge < -0.3 is 20.1 Å². The molecule has 136 valence electrons. The molecule has 0 unspecified atom stereocenters. The van der Waals surface area contributed by atoms with Crippen LogP contribution in [-0.2, 0) is 12.0 Å². The Hall–Kier alpha value is -2.21. The summed E-state index contributed by atoms with van der Waals surface area (Å²) in [6, 6.07) is 10.1. The zero-order valence-electron chi connectivity index (χ0n) is 15.6. The van der Waals surface area contributed by atoms with Crippen LogP contribution in [0.1, 0.15) is 24.3 Å². The number of hydrogen-bond donors (Lipinski definition) is 2. The first-order valence-corrected chi connectivity index (χ1v) is 9.07. The molecule has 1 heterocycles. The van der Waals surface area contributed by atoms with E-state index in [0.717, 1.165) is 29.6 Å². The van der Waals surface area contributed by atoms with Crippen molar-refractivity contribution in [3.8, 4) is 11.5 Å². The molecule has 0 aliphatic rings. The lowest BCUT2D eigenvalue weighted by atomic mass is 9.91. The second kappa shape index (κ2) is 8.76. The van der Waals surface area contributed by atoms with Crippen LogP contribution in [0.3, 0.4) is 0 Å². The van der Waals surface area contributed by atoms with Gasteiger partial charge in [0.2, 0.25) is 0 Å². The standard InChI is InChI=1S/C19H27N3O2S/c1-19(2,17-7-6-10-25-17)13-22-18(20-3)21-12-14-8-9-15(23-4)16(11-14)24-5/h6-11H,12-13H2,1-5H3,(H2,20,21,22). The highest BCUT2D eigenvalue weighted by Crippen LogP contribution is 2.28. The van der Waals surface area contributed by atoms with Crippen LogP contribution in [0.5, 0.6) is 11.5 Å². The predicted octanol–water partition coefficient (Wildman–Crippen LogP) is 3.41. The maximum Gasteiger partial charge on any atom is 0.191 e. The number of hydrogen-bond acceptors (Lipinski definition) is 4. The summed E-state index contributed by atoms with van der Waals surface area (Å²) in [5.74, 6) is 2.23. The number of aliphatic imine (C=N–C) groups is 1. The van der Waals surface area contributed by atoms with Crippen molar-refractivity contribution in [1.82, 2.24) is 10.6 Å². The number of benzene rings is 1. The van der Waals surface area contributed by atoms with E-state index in [1.165, 1.54) is 4.88 Å². The Morgan fingerprint density at radius 2 is 1.88 bits per heavy atom. The lowest BCUT2D eigenvalue weighted by molar-refractivity contribution is 0.354. The summed E-state index contributed by atoms with van der Waals surface area (Å²) in [7, 11) is 5.06. The topological polar surface area (TPSA) is 54.9 Å². The van der Waals surface area contributed by atoms with Crippen molar-refractivity contribution in [2.75, 3.05) is 27.8 Å². The van der Waals surface area contributed by atoms with Gasteiger partial charge in [0.05, 0.1) is 14.2 Å². The molecule has 0 amide bonds. The number of nitrogens with zero attached hydrogens (tertiary/aromatic N) is 1. The molecular formula is C19H27N3O2S. The van der Waals surface area contributed by atoms with Crippen molar-refractivity contribution in [3.05, 3.63) is 46.2 Å². The molecule has 2 rings (SSSR count). The minimum absolute atomic E-state index is 0.0507. The molecule has 25 heavy (non-hydrogen) atoms. The summed E-state index contributed by atoms with van der Waals surface area (Å²) in [5, 5.41) is 8.86. The lowest BCUT2D eigenvalue weighted by Crippen LogP contribution is -2.42.